The van der Waals surface area contributed by atoms with Gasteiger partial charge in [-0.25, -0.2) is 4.98 Å². The second-order valence-electron chi connectivity index (χ2n) is 6.77. The quantitative estimate of drug-likeness (QED) is 0.378. The zero-order chi connectivity index (χ0) is 21.2. The number of carbonyl (C=O) groups excluding carboxylic acids is 1. The van der Waals surface area contributed by atoms with Crippen LogP contribution in [-0.2, 0) is 0 Å². The molecule has 152 valence electrons. The highest BCUT2D eigenvalue weighted by atomic mass is 32.1. The Balaban J connectivity index is 1.47. The largest absolute Gasteiger partial charge is 0.497 e. The summed E-state index contributed by atoms with van der Waals surface area (Å²) in [5.74, 6) is 1.92. The molecule has 0 fully saturated rings. The van der Waals surface area contributed by atoms with Gasteiger partial charge in [-0.15, -0.1) is 11.3 Å². The molecule has 0 atom stereocenters. The van der Waals surface area contributed by atoms with Gasteiger partial charge < -0.3 is 9.47 Å². The van der Waals surface area contributed by atoms with Crippen LogP contribution in [0.3, 0.4) is 0 Å². The molecule has 0 radical (unpaired) electrons. The molecule has 31 heavy (non-hydrogen) atoms. The lowest BCUT2D eigenvalue weighted by Crippen LogP contribution is -2.12. The third-order valence-electron chi connectivity index (χ3n) is 4.89. The van der Waals surface area contributed by atoms with E-state index in [1.165, 1.54) is 11.3 Å². The van der Waals surface area contributed by atoms with E-state index < -0.39 is 0 Å². The molecule has 0 bridgehead atoms. The minimum absolute atomic E-state index is 0.191. The lowest BCUT2D eigenvalue weighted by Gasteiger charge is -2.11. The minimum Gasteiger partial charge on any atom is -0.497 e. The Bertz CT molecular complexity index is 1400. The standard InChI is InChI=1S/C24H17N3O3S/c1-29-16-5-8-20-21(14-16)25-10-9-22(20)30-17-6-7-18-15(13-17)3-2-4-19(18)23(28)27-24-26-11-12-31-24/h2-14H,1H3,(H,26,27,28). The summed E-state index contributed by atoms with van der Waals surface area (Å²) < 4.78 is 11.4. The number of nitrogens with zero attached hydrogens (tertiary/aromatic N) is 2. The molecule has 5 aromatic rings. The Hall–Kier alpha value is -3.97. The number of thiazole rings is 1. The molecule has 0 aliphatic carbocycles. The second kappa shape index (κ2) is 8.04. The first-order valence-electron chi connectivity index (χ1n) is 9.55. The van der Waals surface area contributed by atoms with Gasteiger partial charge in [-0.2, -0.15) is 0 Å². The number of fused-ring (bicyclic) bond motifs is 2. The van der Waals surface area contributed by atoms with Gasteiger partial charge in [-0.3, -0.25) is 15.1 Å². The number of hydrogen-bond acceptors (Lipinski definition) is 6. The molecule has 0 aliphatic heterocycles. The molecular weight excluding hydrogens is 410 g/mol. The van der Waals surface area contributed by atoms with Crippen molar-refractivity contribution in [2.45, 2.75) is 0 Å². The summed E-state index contributed by atoms with van der Waals surface area (Å²) in [6, 6.07) is 18.8. The molecule has 2 aromatic heterocycles. The molecule has 3 aromatic carbocycles. The Labute approximate surface area is 182 Å². The van der Waals surface area contributed by atoms with Gasteiger partial charge in [0.2, 0.25) is 0 Å². The predicted molar refractivity (Wildman–Crippen MR) is 122 cm³/mol. The molecule has 0 spiro atoms. The van der Waals surface area contributed by atoms with Gasteiger partial charge in [-0.05, 0) is 53.2 Å². The van der Waals surface area contributed by atoms with Gasteiger partial charge in [0.15, 0.2) is 5.13 Å². The van der Waals surface area contributed by atoms with Crippen molar-refractivity contribution in [3.63, 3.8) is 0 Å². The summed E-state index contributed by atoms with van der Waals surface area (Å²) in [5.41, 5.74) is 1.37. The zero-order valence-corrected chi connectivity index (χ0v) is 17.3. The maximum Gasteiger partial charge on any atom is 0.258 e. The number of benzene rings is 3. The van der Waals surface area contributed by atoms with E-state index in [4.69, 9.17) is 9.47 Å². The zero-order valence-electron chi connectivity index (χ0n) is 16.5. The van der Waals surface area contributed by atoms with E-state index >= 15 is 0 Å². The molecule has 0 aliphatic rings. The van der Waals surface area contributed by atoms with Crippen LogP contribution >= 0.6 is 11.3 Å². The predicted octanol–water partition coefficient (Wildman–Crippen LogP) is 5.90. The summed E-state index contributed by atoms with van der Waals surface area (Å²) >= 11 is 1.38. The summed E-state index contributed by atoms with van der Waals surface area (Å²) in [5, 5.41) is 7.86. The average Bonchev–Trinajstić information content (AvgIpc) is 3.31. The smallest absolute Gasteiger partial charge is 0.258 e. The third-order valence-corrected chi connectivity index (χ3v) is 5.58. The van der Waals surface area contributed by atoms with Crippen LogP contribution in [-0.4, -0.2) is 23.0 Å². The van der Waals surface area contributed by atoms with Crippen LogP contribution in [0.4, 0.5) is 5.13 Å². The Morgan fingerprint density at radius 3 is 2.65 bits per heavy atom. The number of ether oxygens (including phenoxy) is 2. The van der Waals surface area contributed by atoms with Gasteiger partial charge in [-0.1, -0.05) is 12.1 Å². The maximum atomic E-state index is 12.7. The lowest BCUT2D eigenvalue weighted by atomic mass is 10.0. The molecular formula is C24H17N3O3S. The highest BCUT2D eigenvalue weighted by Crippen LogP contribution is 2.32. The SMILES string of the molecule is COc1ccc2c(Oc3ccc4c(C(=O)Nc5nccs5)cccc4c3)ccnc2c1. The molecule has 0 saturated carbocycles. The van der Waals surface area contributed by atoms with Crippen LogP contribution in [0.5, 0.6) is 17.2 Å². The maximum absolute atomic E-state index is 12.7. The number of hydrogen-bond donors (Lipinski definition) is 1. The number of methoxy groups -OCH3 is 1. The Kier molecular flexibility index (Phi) is 4.93. The number of aromatic nitrogens is 2. The molecule has 7 heteroatoms. The highest BCUT2D eigenvalue weighted by Gasteiger charge is 2.13. The third kappa shape index (κ3) is 3.78. The van der Waals surface area contributed by atoms with Crippen LogP contribution in [0.15, 0.2) is 78.4 Å². The van der Waals surface area contributed by atoms with Crippen LogP contribution in [0.1, 0.15) is 10.4 Å². The van der Waals surface area contributed by atoms with Crippen LogP contribution < -0.4 is 14.8 Å². The van der Waals surface area contributed by atoms with E-state index in [9.17, 15) is 4.79 Å². The van der Waals surface area contributed by atoms with Crippen molar-refractivity contribution in [3.8, 4) is 17.2 Å². The first-order valence-corrected chi connectivity index (χ1v) is 10.4. The summed E-state index contributed by atoms with van der Waals surface area (Å²) in [6.07, 6.45) is 3.37. The first-order chi connectivity index (χ1) is 15.2. The van der Waals surface area contributed by atoms with Gasteiger partial charge in [0.05, 0.1) is 12.6 Å². The first kappa shape index (κ1) is 19.0. The number of carbonyl (C=O) groups is 1. The van der Waals surface area contributed by atoms with E-state index in [2.05, 4.69) is 15.3 Å². The molecule has 1 N–H and O–H groups in total. The van der Waals surface area contributed by atoms with Gasteiger partial charge in [0.25, 0.3) is 5.91 Å². The fourth-order valence-corrected chi connectivity index (χ4v) is 3.94. The van der Waals surface area contributed by atoms with E-state index in [1.807, 2.05) is 60.0 Å². The monoisotopic (exact) mass is 427 g/mol. The number of amides is 1. The van der Waals surface area contributed by atoms with Crippen LogP contribution in [0.2, 0.25) is 0 Å². The van der Waals surface area contributed by atoms with E-state index in [0.29, 0.717) is 22.2 Å². The fraction of sp³-hybridized carbons (Fsp3) is 0.0417. The van der Waals surface area contributed by atoms with Crippen molar-refractivity contribution in [3.05, 3.63) is 84.0 Å². The van der Waals surface area contributed by atoms with E-state index in [0.717, 1.165) is 27.4 Å². The summed E-state index contributed by atoms with van der Waals surface area (Å²) in [6.45, 7) is 0. The minimum atomic E-state index is -0.191. The molecule has 0 saturated heterocycles. The van der Waals surface area contributed by atoms with E-state index in [1.54, 1.807) is 25.6 Å². The van der Waals surface area contributed by atoms with Crippen molar-refractivity contribution in [1.82, 2.24) is 9.97 Å². The molecule has 1 amide bonds. The van der Waals surface area contributed by atoms with E-state index in [-0.39, 0.29) is 5.91 Å². The van der Waals surface area contributed by atoms with Crippen molar-refractivity contribution in [2.75, 3.05) is 12.4 Å². The average molecular weight is 427 g/mol. The van der Waals surface area contributed by atoms with Gasteiger partial charge in [0.1, 0.15) is 17.2 Å². The molecule has 6 nitrogen and oxygen atoms in total. The van der Waals surface area contributed by atoms with Gasteiger partial charge >= 0.3 is 0 Å². The highest BCUT2D eigenvalue weighted by molar-refractivity contribution is 7.13. The summed E-state index contributed by atoms with van der Waals surface area (Å²) in [4.78, 5) is 21.2. The van der Waals surface area contributed by atoms with Crippen molar-refractivity contribution in [1.29, 1.82) is 0 Å². The number of rotatable bonds is 5. The number of anilines is 1. The Morgan fingerprint density at radius 2 is 1.81 bits per heavy atom. The van der Waals surface area contributed by atoms with Crippen LogP contribution in [0.25, 0.3) is 21.7 Å². The van der Waals surface area contributed by atoms with Crippen molar-refractivity contribution < 1.29 is 14.3 Å². The fourth-order valence-electron chi connectivity index (χ4n) is 3.42. The topological polar surface area (TPSA) is 73.3 Å². The van der Waals surface area contributed by atoms with Crippen molar-refractivity contribution in [2.24, 2.45) is 0 Å². The van der Waals surface area contributed by atoms with Gasteiger partial charge in [0, 0.05) is 34.8 Å². The summed E-state index contributed by atoms with van der Waals surface area (Å²) in [7, 11) is 1.63. The number of nitrogens with one attached hydrogen (secondary N) is 1. The van der Waals surface area contributed by atoms with Crippen molar-refractivity contribution >= 4 is 44.1 Å². The molecule has 2 heterocycles. The molecule has 0 unspecified atom stereocenters. The van der Waals surface area contributed by atoms with Crippen LogP contribution in [0, 0.1) is 0 Å². The lowest BCUT2D eigenvalue weighted by molar-refractivity contribution is 0.102. The Morgan fingerprint density at radius 1 is 0.935 bits per heavy atom. The number of pyridine rings is 1. The normalized spacial score (nSPS) is 10.9. The molecule has 5 rings (SSSR count). The second-order valence-corrected chi connectivity index (χ2v) is 7.67.